The molecule has 1 aliphatic carbocycles. The van der Waals surface area contributed by atoms with Crippen molar-refractivity contribution < 1.29 is 9.18 Å². The highest BCUT2D eigenvalue weighted by Crippen LogP contribution is 2.31. The van der Waals surface area contributed by atoms with Gasteiger partial charge in [0, 0.05) is 5.56 Å². The number of aromatic nitrogens is 1. The number of hydrazone groups is 1. The van der Waals surface area contributed by atoms with Crippen molar-refractivity contribution in [1.82, 2.24) is 4.98 Å². The molecule has 0 bridgehead atoms. The molecule has 0 unspecified atom stereocenters. The van der Waals surface area contributed by atoms with E-state index in [1.165, 1.54) is 46.0 Å². The van der Waals surface area contributed by atoms with Crippen LogP contribution in [0.1, 0.15) is 39.9 Å². The Bertz CT molecular complexity index is 1280. The number of carbonyl (C=O) groups excluding carboxylic acids is 1. The number of anilines is 1. The number of hydrogen-bond acceptors (Lipinski definition) is 4. The van der Waals surface area contributed by atoms with Crippen LogP contribution in [0.15, 0.2) is 71.8 Å². The quantitative estimate of drug-likeness (QED) is 0.295. The molecule has 6 heteroatoms. The highest BCUT2D eigenvalue weighted by atomic mass is 32.1. The molecule has 0 saturated carbocycles. The molecule has 0 N–H and O–H groups in total. The summed E-state index contributed by atoms with van der Waals surface area (Å²) in [6.07, 6.45) is 6.02. The van der Waals surface area contributed by atoms with Crippen molar-refractivity contribution in [2.24, 2.45) is 5.10 Å². The fourth-order valence-corrected chi connectivity index (χ4v) is 4.76. The van der Waals surface area contributed by atoms with Crippen molar-refractivity contribution in [3.05, 3.63) is 94.8 Å². The molecule has 0 radical (unpaired) electrons. The number of fused-ring (bicyclic) bond motifs is 2. The number of rotatable bonds is 4. The van der Waals surface area contributed by atoms with Crippen molar-refractivity contribution in [3.63, 3.8) is 0 Å². The predicted molar refractivity (Wildman–Crippen MR) is 124 cm³/mol. The maximum atomic E-state index is 13.7. The average molecular weight is 430 g/mol. The Hall–Kier alpha value is -3.38. The second-order valence-corrected chi connectivity index (χ2v) is 8.58. The zero-order chi connectivity index (χ0) is 21.2. The lowest BCUT2D eigenvalue weighted by Crippen LogP contribution is -2.26. The van der Waals surface area contributed by atoms with Gasteiger partial charge in [-0.1, -0.05) is 47.7 Å². The Morgan fingerprint density at radius 1 is 1.00 bits per heavy atom. The van der Waals surface area contributed by atoms with Gasteiger partial charge in [-0.3, -0.25) is 4.79 Å². The van der Waals surface area contributed by atoms with E-state index < -0.39 is 0 Å². The minimum absolute atomic E-state index is 0.250. The van der Waals surface area contributed by atoms with Crippen LogP contribution in [0, 0.1) is 5.82 Å². The number of carbonyl (C=O) groups is 1. The van der Waals surface area contributed by atoms with Gasteiger partial charge in [0.15, 0.2) is 0 Å². The molecule has 1 aromatic heterocycles. The molecule has 0 spiro atoms. The largest absolute Gasteiger partial charge is 0.280 e. The normalized spacial score (nSPS) is 13.5. The fourth-order valence-electron chi connectivity index (χ4n) is 3.82. The second-order valence-electron chi connectivity index (χ2n) is 7.57. The first-order valence-electron chi connectivity index (χ1n) is 10.3. The number of nitrogens with zero attached hydrogens (tertiary/aromatic N) is 3. The topological polar surface area (TPSA) is 45.6 Å². The standard InChI is InChI=1S/C25H20FN3OS/c26-21-12-13-22-23(15-21)31-25(28-22)29(27-16-17-6-2-1-3-7-17)24(30)20-11-10-18-8-4-5-9-19(18)14-20/h1-3,6-7,10-16H,4-5,8-9H2/b27-16+. The average Bonchev–Trinajstić information content (AvgIpc) is 3.22. The van der Waals surface area contributed by atoms with Gasteiger partial charge in [-0.25, -0.2) is 9.37 Å². The highest BCUT2D eigenvalue weighted by Gasteiger charge is 2.22. The van der Waals surface area contributed by atoms with Crippen molar-refractivity contribution >= 4 is 38.8 Å². The third-order valence-electron chi connectivity index (χ3n) is 5.43. The summed E-state index contributed by atoms with van der Waals surface area (Å²) in [5.74, 6) is -0.580. The lowest BCUT2D eigenvalue weighted by molar-refractivity contribution is 0.0987. The van der Waals surface area contributed by atoms with Crippen molar-refractivity contribution in [2.45, 2.75) is 25.7 Å². The molecule has 5 rings (SSSR count). The first-order valence-corrected chi connectivity index (χ1v) is 11.1. The number of benzene rings is 3. The van der Waals surface area contributed by atoms with Gasteiger partial charge in [-0.05, 0) is 72.7 Å². The second kappa shape index (κ2) is 8.40. The minimum atomic E-state index is -0.331. The van der Waals surface area contributed by atoms with Gasteiger partial charge in [-0.2, -0.15) is 10.1 Å². The van der Waals surface area contributed by atoms with E-state index in [1.54, 1.807) is 12.3 Å². The molecule has 4 nitrogen and oxygen atoms in total. The minimum Gasteiger partial charge on any atom is -0.267 e. The summed E-state index contributed by atoms with van der Waals surface area (Å²) in [6, 6.07) is 19.9. The van der Waals surface area contributed by atoms with E-state index in [0.29, 0.717) is 20.9 Å². The van der Waals surface area contributed by atoms with Crippen LogP contribution in [-0.4, -0.2) is 17.1 Å². The van der Waals surface area contributed by atoms with Crippen LogP contribution in [0.25, 0.3) is 10.2 Å². The Labute approximate surface area is 183 Å². The van der Waals surface area contributed by atoms with Gasteiger partial charge in [0.25, 0.3) is 5.91 Å². The van der Waals surface area contributed by atoms with E-state index in [1.807, 2.05) is 42.5 Å². The Kier molecular flexibility index (Phi) is 5.30. The number of hydrogen-bond donors (Lipinski definition) is 0. The highest BCUT2D eigenvalue weighted by molar-refractivity contribution is 7.22. The zero-order valence-corrected chi connectivity index (χ0v) is 17.6. The molecule has 4 aromatic rings. The molecule has 0 aliphatic heterocycles. The Morgan fingerprint density at radius 3 is 2.65 bits per heavy atom. The summed E-state index contributed by atoms with van der Waals surface area (Å²) < 4.78 is 14.3. The molecule has 1 amide bonds. The molecular weight excluding hydrogens is 409 g/mol. The van der Waals surface area contributed by atoms with E-state index in [-0.39, 0.29) is 11.7 Å². The van der Waals surface area contributed by atoms with Crippen LogP contribution in [0.2, 0.25) is 0 Å². The van der Waals surface area contributed by atoms with Crippen molar-refractivity contribution in [3.8, 4) is 0 Å². The molecule has 0 saturated heterocycles. The van der Waals surface area contributed by atoms with Gasteiger partial charge >= 0.3 is 0 Å². The maximum Gasteiger partial charge on any atom is 0.280 e. The fraction of sp³-hybridized carbons (Fsp3) is 0.160. The summed E-state index contributed by atoms with van der Waals surface area (Å²) in [5.41, 5.74) is 4.64. The van der Waals surface area contributed by atoms with Crippen LogP contribution in [0.3, 0.4) is 0 Å². The Balaban J connectivity index is 1.55. The van der Waals surface area contributed by atoms with E-state index in [2.05, 4.69) is 16.2 Å². The van der Waals surface area contributed by atoms with Crippen LogP contribution in [0.4, 0.5) is 9.52 Å². The first kappa shape index (κ1) is 19.6. The van der Waals surface area contributed by atoms with E-state index >= 15 is 0 Å². The van der Waals surface area contributed by atoms with Crippen LogP contribution in [0.5, 0.6) is 0 Å². The van der Waals surface area contributed by atoms with E-state index in [4.69, 9.17) is 0 Å². The third-order valence-corrected chi connectivity index (χ3v) is 6.42. The monoisotopic (exact) mass is 429 g/mol. The number of aryl methyl sites for hydroxylation is 2. The number of halogens is 1. The van der Waals surface area contributed by atoms with Crippen LogP contribution in [-0.2, 0) is 12.8 Å². The zero-order valence-electron chi connectivity index (χ0n) is 16.8. The summed E-state index contributed by atoms with van der Waals surface area (Å²) >= 11 is 1.25. The van der Waals surface area contributed by atoms with Crippen LogP contribution < -0.4 is 5.01 Å². The summed E-state index contributed by atoms with van der Waals surface area (Å²) in [6.45, 7) is 0. The van der Waals surface area contributed by atoms with Gasteiger partial charge in [0.05, 0.1) is 16.4 Å². The van der Waals surface area contributed by atoms with Crippen molar-refractivity contribution in [2.75, 3.05) is 5.01 Å². The number of amides is 1. The summed E-state index contributed by atoms with van der Waals surface area (Å²) in [5, 5.41) is 6.22. The summed E-state index contributed by atoms with van der Waals surface area (Å²) in [7, 11) is 0. The molecular formula is C25H20FN3OS. The molecule has 1 heterocycles. The van der Waals surface area contributed by atoms with Gasteiger partial charge < -0.3 is 0 Å². The van der Waals surface area contributed by atoms with Gasteiger partial charge in [-0.15, -0.1) is 0 Å². The molecule has 154 valence electrons. The van der Waals surface area contributed by atoms with E-state index in [0.717, 1.165) is 24.8 Å². The van der Waals surface area contributed by atoms with E-state index in [9.17, 15) is 9.18 Å². The lowest BCUT2D eigenvalue weighted by Gasteiger charge is -2.18. The number of thiazole rings is 1. The molecule has 0 atom stereocenters. The maximum absolute atomic E-state index is 13.7. The molecule has 31 heavy (non-hydrogen) atoms. The van der Waals surface area contributed by atoms with Crippen molar-refractivity contribution in [1.29, 1.82) is 0 Å². The van der Waals surface area contributed by atoms with Crippen LogP contribution >= 0.6 is 11.3 Å². The SMILES string of the molecule is O=C(c1ccc2c(c1)CCCC2)N(/N=C/c1ccccc1)c1nc2ccc(F)cc2s1. The first-order chi connectivity index (χ1) is 15.2. The Morgan fingerprint density at radius 2 is 1.81 bits per heavy atom. The van der Waals surface area contributed by atoms with Gasteiger partial charge in [0.2, 0.25) is 5.13 Å². The third kappa shape index (κ3) is 4.11. The smallest absolute Gasteiger partial charge is 0.267 e. The lowest BCUT2D eigenvalue weighted by atomic mass is 9.90. The molecule has 1 aliphatic rings. The molecule has 3 aromatic carbocycles. The molecule has 0 fully saturated rings. The van der Waals surface area contributed by atoms with Gasteiger partial charge in [0.1, 0.15) is 5.82 Å². The predicted octanol–water partition coefficient (Wildman–Crippen LogP) is 6.00. The summed E-state index contributed by atoms with van der Waals surface area (Å²) in [4.78, 5) is 18.0.